The van der Waals surface area contributed by atoms with E-state index in [2.05, 4.69) is 10.6 Å². The monoisotopic (exact) mass is 330 g/mol. The molecule has 0 aromatic heterocycles. The number of carbonyl (C=O) groups excluding carboxylic acids is 2. The molecule has 0 heterocycles. The minimum Gasteiger partial charge on any atom is -0.494 e. The number of ether oxygens (including phenoxy) is 1. The van der Waals surface area contributed by atoms with Crippen molar-refractivity contribution in [3.05, 3.63) is 65.5 Å². The quantitative estimate of drug-likeness (QED) is 0.818. The zero-order valence-electron chi connectivity index (χ0n) is 13.3. The lowest BCUT2D eigenvalue weighted by atomic mass is 10.2. The molecule has 0 aliphatic rings. The Balaban J connectivity index is 1.77. The molecule has 2 N–H and O–H groups in total. The lowest BCUT2D eigenvalue weighted by Gasteiger charge is -2.08. The molecule has 2 amide bonds. The minimum atomic E-state index is -0.356. The van der Waals surface area contributed by atoms with E-state index in [1.54, 1.807) is 36.4 Å². The first-order chi connectivity index (χ1) is 11.6. The predicted octanol–water partition coefficient (Wildman–Crippen LogP) is 2.27. The van der Waals surface area contributed by atoms with Crippen LogP contribution in [0.15, 0.2) is 48.5 Å². The van der Waals surface area contributed by atoms with Crippen molar-refractivity contribution < 1.29 is 18.7 Å². The van der Waals surface area contributed by atoms with E-state index in [-0.39, 0.29) is 30.7 Å². The number of carbonyl (C=O) groups is 2. The molecule has 24 heavy (non-hydrogen) atoms. The molecule has 2 rings (SSSR count). The summed E-state index contributed by atoms with van der Waals surface area (Å²) < 4.78 is 18.3. The van der Waals surface area contributed by atoms with Crippen LogP contribution in [0.5, 0.6) is 5.75 Å². The summed E-state index contributed by atoms with van der Waals surface area (Å²) in [5.41, 5.74) is 1.09. The lowest BCUT2D eigenvalue weighted by Crippen LogP contribution is -2.36. The molecule has 0 spiro atoms. The van der Waals surface area contributed by atoms with Gasteiger partial charge in [-0.15, -0.1) is 0 Å². The van der Waals surface area contributed by atoms with Gasteiger partial charge in [0.1, 0.15) is 11.6 Å². The molecule has 2 aromatic carbocycles. The topological polar surface area (TPSA) is 67.4 Å². The largest absolute Gasteiger partial charge is 0.494 e. The second kappa shape index (κ2) is 8.67. The van der Waals surface area contributed by atoms with Crippen LogP contribution in [0, 0.1) is 5.82 Å². The van der Waals surface area contributed by atoms with E-state index in [0.29, 0.717) is 23.5 Å². The molecule has 0 saturated carbocycles. The molecule has 5 nitrogen and oxygen atoms in total. The van der Waals surface area contributed by atoms with Crippen molar-refractivity contribution in [3.8, 4) is 5.75 Å². The van der Waals surface area contributed by atoms with Crippen LogP contribution in [-0.4, -0.2) is 25.0 Å². The van der Waals surface area contributed by atoms with Crippen LogP contribution in [-0.2, 0) is 11.3 Å². The molecule has 2 aromatic rings. The second-order valence-electron chi connectivity index (χ2n) is 5.05. The summed E-state index contributed by atoms with van der Waals surface area (Å²) in [7, 11) is 0. The fourth-order valence-electron chi connectivity index (χ4n) is 2.04. The molecule has 126 valence electrons. The fraction of sp³-hybridized carbons (Fsp3) is 0.222. The Morgan fingerprint density at radius 3 is 2.50 bits per heavy atom. The van der Waals surface area contributed by atoms with Gasteiger partial charge < -0.3 is 15.4 Å². The van der Waals surface area contributed by atoms with Gasteiger partial charge in [-0.3, -0.25) is 9.59 Å². The number of hydrogen-bond acceptors (Lipinski definition) is 3. The third kappa shape index (κ3) is 5.39. The minimum absolute atomic E-state index is 0.151. The molecule has 0 aliphatic heterocycles. The second-order valence-corrected chi connectivity index (χ2v) is 5.05. The molecular formula is C18H19FN2O3. The van der Waals surface area contributed by atoms with Crippen molar-refractivity contribution in [2.75, 3.05) is 13.2 Å². The van der Waals surface area contributed by atoms with Gasteiger partial charge in [0.05, 0.1) is 13.2 Å². The highest BCUT2D eigenvalue weighted by atomic mass is 19.1. The smallest absolute Gasteiger partial charge is 0.251 e. The fourth-order valence-corrected chi connectivity index (χ4v) is 2.04. The molecule has 0 atom stereocenters. The van der Waals surface area contributed by atoms with Gasteiger partial charge in [0.15, 0.2) is 0 Å². The zero-order valence-corrected chi connectivity index (χ0v) is 13.3. The Labute approximate surface area is 139 Å². The average Bonchev–Trinajstić information content (AvgIpc) is 2.59. The Kier molecular flexibility index (Phi) is 6.31. The number of amides is 2. The Morgan fingerprint density at radius 1 is 1.08 bits per heavy atom. The van der Waals surface area contributed by atoms with E-state index in [4.69, 9.17) is 4.74 Å². The number of rotatable bonds is 7. The van der Waals surface area contributed by atoms with Crippen LogP contribution in [0.2, 0.25) is 0 Å². The third-order valence-corrected chi connectivity index (χ3v) is 3.22. The summed E-state index contributed by atoms with van der Waals surface area (Å²) >= 11 is 0. The first kappa shape index (κ1) is 17.5. The number of halogens is 1. The molecule has 0 unspecified atom stereocenters. The van der Waals surface area contributed by atoms with Crippen molar-refractivity contribution in [2.24, 2.45) is 0 Å². The van der Waals surface area contributed by atoms with Gasteiger partial charge in [0, 0.05) is 12.1 Å². The van der Waals surface area contributed by atoms with Gasteiger partial charge in [0.25, 0.3) is 5.91 Å². The molecule has 0 aliphatic carbocycles. The van der Waals surface area contributed by atoms with Crippen LogP contribution in [0.1, 0.15) is 22.8 Å². The molecule has 0 saturated heterocycles. The van der Waals surface area contributed by atoms with Crippen molar-refractivity contribution in [1.29, 1.82) is 0 Å². The highest BCUT2D eigenvalue weighted by Crippen LogP contribution is 2.11. The normalized spacial score (nSPS) is 10.1. The molecule has 0 bridgehead atoms. The first-order valence-electron chi connectivity index (χ1n) is 7.60. The van der Waals surface area contributed by atoms with Crippen LogP contribution >= 0.6 is 0 Å². The Hall–Kier alpha value is -2.89. The number of nitrogens with one attached hydrogen (secondary N) is 2. The van der Waals surface area contributed by atoms with Crippen LogP contribution in [0.4, 0.5) is 4.39 Å². The summed E-state index contributed by atoms with van der Waals surface area (Å²) in [5.74, 6) is -0.370. The summed E-state index contributed by atoms with van der Waals surface area (Å²) in [5, 5.41) is 5.15. The Bertz CT molecular complexity index is 702. The summed E-state index contributed by atoms with van der Waals surface area (Å²) in [6.07, 6.45) is 0. The maximum atomic E-state index is 13.0. The Morgan fingerprint density at radius 2 is 1.83 bits per heavy atom. The van der Waals surface area contributed by atoms with E-state index in [0.717, 1.165) is 0 Å². The van der Waals surface area contributed by atoms with Gasteiger partial charge in [-0.2, -0.15) is 0 Å². The SMILES string of the molecule is CCOc1ccc(C(=O)NCC(=O)NCc2cccc(F)c2)cc1. The van der Waals surface area contributed by atoms with Crippen LogP contribution in [0.25, 0.3) is 0 Å². The molecule has 0 radical (unpaired) electrons. The van der Waals surface area contributed by atoms with E-state index in [1.807, 2.05) is 6.92 Å². The van der Waals surface area contributed by atoms with E-state index in [1.165, 1.54) is 12.1 Å². The van der Waals surface area contributed by atoms with Crippen molar-refractivity contribution >= 4 is 11.8 Å². The standard InChI is InChI=1S/C18H19FN2O3/c1-2-24-16-8-6-14(7-9-16)18(23)21-12-17(22)20-11-13-4-3-5-15(19)10-13/h3-10H,2,11-12H2,1H3,(H,20,22)(H,21,23). The highest BCUT2D eigenvalue weighted by molar-refractivity contribution is 5.96. The van der Waals surface area contributed by atoms with Crippen molar-refractivity contribution in [1.82, 2.24) is 10.6 Å². The lowest BCUT2D eigenvalue weighted by molar-refractivity contribution is -0.120. The van der Waals surface area contributed by atoms with E-state index in [9.17, 15) is 14.0 Å². The van der Waals surface area contributed by atoms with Gasteiger partial charge in [-0.1, -0.05) is 12.1 Å². The van der Waals surface area contributed by atoms with Gasteiger partial charge in [-0.25, -0.2) is 4.39 Å². The maximum Gasteiger partial charge on any atom is 0.251 e. The summed E-state index contributed by atoms with van der Waals surface area (Å²) in [4.78, 5) is 23.7. The number of hydrogen-bond donors (Lipinski definition) is 2. The average molecular weight is 330 g/mol. The molecule has 6 heteroatoms. The molecular weight excluding hydrogens is 311 g/mol. The van der Waals surface area contributed by atoms with Crippen LogP contribution in [0.3, 0.4) is 0 Å². The van der Waals surface area contributed by atoms with Gasteiger partial charge in [-0.05, 0) is 48.9 Å². The third-order valence-electron chi connectivity index (χ3n) is 3.22. The number of benzene rings is 2. The van der Waals surface area contributed by atoms with E-state index < -0.39 is 0 Å². The van der Waals surface area contributed by atoms with Crippen molar-refractivity contribution in [2.45, 2.75) is 13.5 Å². The predicted molar refractivity (Wildman–Crippen MR) is 88.2 cm³/mol. The van der Waals surface area contributed by atoms with Crippen molar-refractivity contribution in [3.63, 3.8) is 0 Å². The maximum absolute atomic E-state index is 13.0. The van der Waals surface area contributed by atoms with Gasteiger partial charge >= 0.3 is 0 Å². The van der Waals surface area contributed by atoms with E-state index >= 15 is 0 Å². The highest BCUT2D eigenvalue weighted by Gasteiger charge is 2.08. The zero-order chi connectivity index (χ0) is 17.4. The van der Waals surface area contributed by atoms with Gasteiger partial charge in [0.2, 0.25) is 5.91 Å². The summed E-state index contributed by atoms with van der Waals surface area (Å²) in [6, 6.07) is 12.6. The molecule has 0 fully saturated rings. The van der Waals surface area contributed by atoms with Crippen LogP contribution < -0.4 is 15.4 Å². The first-order valence-corrected chi connectivity index (χ1v) is 7.60. The summed E-state index contributed by atoms with van der Waals surface area (Å²) in [6.45, 7) is 2.48.